The summed E-state index contributed by atoms with van der Waals surface area (Å²) in [6, 6.07) is 15.0. The van der Waals surface area contributed by atoms with Crippen LogP contribution in [0.5, 0.6) is 11.5 Å². The van der Waals surface area contributed by atoms with Crippen LogP contribution < -0.4 is 9.64 Å². The molecule has 0 spiro atoms. The highest BCUT2D eigenvalue weighted by Crippen LogP contribution is 2.38. The number of ether oxygens (including phenoxy) is 1. The molecular formula is C36H53N3O2. The molecule has 0 saturated carbocycles. The van der Waals surface area contributed by atoms with Gasteiger partial charge in [0.1, 0.15) is 18.1 Å². The van der Waals surface area contributed by atoms with Gasteiger partial charge in [0, 0.05) is 44.0 Å². The van der Waals surface area contributed by atoms with Gasteiger partial charge in [-0.05, 0) is 87.0 Å². The first-order chi connectivity index (χ1) is 20.0. The maximum atomic E-state index is 10.5. The molecule has 5 heteroatoms. The van der Waals surface area contributed by atoms with Crippen LogP contribution in [-0.4, -0.2) is 66.8 Å². The highest BCUT2D eigenvalue weighted by Gasteiger charge is 2.32. The van der Waals surface area contributed by atoms with Crippen molar-refractivity contribution in [2.24, 2.45) is 5.92 Å². The average Bonchev–Trinajstić information content (AvgIpc) is 3.37. The molecule has 1 saturated heterocycles. The Bertz CT molecular complexity index is 1110. The predicted molar refractivity (Wildman–Crippen MR) is 173 cm³/mol. The van der Waals surface area contributed by atoms with E-state index in [1.165, 1.54) is 30.4 Å². The summed E-state index contributed by atoms with van der Waals surface area (Å²) in [4.78, 5) is 7.53. The molecule has 0 radical (unpaired) electrons. The summed E-state index contributed by atoms with van der Waals surface area (Å²) in [5.74, 6) is 2.26. The summed E-state index contributed by atoms with van der Waals surface area (Å²) in [7, 11) is 0. The Morgan fingerprint density at radius 3 is 2.51 bits per heavy atom. The van der Waals surface area contributed by atoms with E-state index in [9.17, 15) is 5.11 Å². The summed E-state index contributed by atoms with van der Waals surface area (Å²) >= 11 is 0. The standard InChI is InChI=1S/C36H53N3O2/c1-5-8-12-22-37(6-2)24-25-41-33-18-15-30(16-19-33)27-38(7-3)36-26-32(40)17-20-34(36)31-21-23-39(28-31)35-14-11-9-10-13-29(35)4/h10-11,13-20,26,29,31,35,40H,5-9,12,21-25,27-28H2,1-4H3. The number of unbranched alkanes of at least 4 members (excludes halogenated alkanes) is 2. The maximum absolute atomic E-state index is 10.5. The van der Waals surface area contributed by atoms with Crippen molar-refractivity contribution in [1.82, 2.24) is 9.80 Å². The number of anilines is 1. The molecule has 1 aliphatic heterocycles. The van der Waals surface area contributed by atoms with Gasteiger partial charge in [0.25, 0.3) is 0 Å². The molecule has 1 fully saturated rings. The minimum absolute atomic E-state index is 0.335. The molecule has 5 nitrogen and oxygen atoms in total. The van der Waals surface area contributed by atoms with Crippen LogP contribution in [0.25, 0.3) is 0 Å². The fourth-order valence-electron chi connectivity index (χ4n) is 6.38. The van der Waals surface area contributed by atoms with Crippen molar-refractivity contribution in [2.45, 2.75) is 78.3 Å². The number of nitrogens with zero attached hydrogens (tertiary/aromatic N) is 3. The fraction of sp³-hybridized carbons (Fsp3) is 0.556. The molecule has 2 aromatic rings. The smallest absolute Gasteiger partial charge is 0.119 e. The van der Waals surface area contributed by atoms with E-state index >= 15 is 0 Å². The summed E-state index contributed by atoms with van der Waals surface area (Å²) in [6.45, 7) is 16.8. The highest BCUT2D eigenvalue weighted by atomic mass is 16.5. The number of likely N-dealkylation sites (tertiary alicyclic amines) is 1. The summed E-state index contributed by atoms with van der Waals surface area (Å²) in [5, 5.41) is 10.5. The number of benzene rings is 2. The van der Waals surface area contributed by atoms with Gasteiger partial charge in [-0.1, -0.05) is 76.1 Å². The molecule has 2 aromatic carbocycles. The number of phenols is 1. The summed E-state index contributed by atoms with van der Waals surface area (Å²) in [6.07, 6.45) is 15.4. The van der Waals surface area contributed by atoms with Gasteiger partial charge < -0.3 is 19.6 Å². The second-order valence-corrected chi connectivity index (χ2v) is 11.8. The van der Waals surface area contributed by atoms with E-state index in [4.69, 9.17) is 4.74 Å². The third kappa shape index (κ3) is 8.86. The van der Waals surface area contributed by atoms with Crippen LogP contribution in [0.4, 0.5) is 5.69 Å². The third-order valence-electron chi connectivity index (χ3n) is 8.90. The third-order valence-corrected chi connectivity index (χ3v) is 8.90. The molecule has 1 N–H and O–H groups in total. The molecule has 3 unspecified atom stereocenters. The molecule has 0 bridgehead atoms. The van der Waals surface area contributed by atoms with Crippen LogP contribution in [0, 0.1) is 5.92 Å². The van der Waals surface area contributed by atoms with Crippen LogP contribution >= 0.6 is 0 Å². The Kier molecular flexibility index (Phi) is 12.2. The lowest BCUT2D eigenvalue weighted by molar-refractivity contribution is 0.213. The lowest BCUT2D eigenvalue weighted by atomic mass is 9.95. The Morgan fingerprint density at radius 1 is 0.951 bits per heavy atom. The first-order valence-corrected chi connectivity index (χ1v) is 16.1. The molecule has 224 valence electrons. The van der Waals surface area contributed by atoms with Crippen molar-refractivity contribution in [3.63, 3.8) is 0 Å². The van der Waals surface area contributed by atoms with Crippen LogP contribution in [0.15, 0.2) is 66.8 Å². The van der Waals surface area contributed by atoms with Gasteiger partial charge in [-0.15, -0.1) is 0 Å². The average molecular weight is 560 g/mol. The van der Waals surface area contributed by atoms with E-state index in [1.54, 1.807) is 0 Å². The number of rotatable bonds is 15. The second-order valence-electron chi connectivity index (χ2n) is 11.8. The van der Waals surface area contributed by atoms with Crippen molar-refractivity contribution in [3.8, 4) is 11.5 Å². The van der Waals surface area contributed by atoms with Crippen molar-refractivity contribution < 1.29 is 9.84 Å². The Hall–Kier alpha value is -2.76. The fourth-order valence-corrected chi connectivity index (χ4v) is 6.38. The molecule has 0 amide bonds. The first kappa shape index (κ1) is 31.2. The predicted octanol–water partition coefficient (Wildman–Crippen LogP) is 7.62. The molecule has 4 rings (SSSR count). The van der Waals surface area contributed by atoms with E-state index in [0.717, 1.165) is 76.7 Å². The number of aromatic hydroxyl groups is 1. The minimum Gasteiger partial charge on any atom is -0.508 e. The van der Waals surface area contributed by atoms with E-state index in [-0.39, 0.29) is 0 Å². The lowest BCUT2D eigenvalue weighted by Gasteiger charge is -2.30. The zero-order valence-electron chi connectivity index (χ0n) is 26.0. The van der Waals surface area contributed by atoms with Crippen molar-refractivity contribution >= 4 is 5.69 Å². The Morgan fingerprint density at radius 2 is 1.76 bits per heavy atom. The van der Waals surface area contributed by atoms with Gasteiger partial charge in [-0.25, -0.2) is 0 Å². The largest absolute Gasteiger partial charge is 0.508 e. The Balaban J connectivity index is 1.37. The van der Waals surface area contributed by atoms with Crippen LogP contribution in [0.3, 0.4) is 0 Å². The molecule has 1 heterocycles. The number of hydrogen-bond donors (Lipinski definition) is 1. The summed E-state index contributed by atoms with van der Waals surface area (Å²) in [5.41, 5.74) is 3.76. The lowest BCUT2D eigenvalue weighted by Crippen LogP contribution is -2.36. The zero-order chi connectivity index (χ0) is 29.0. The van der Waals surface area contributed by atoms with Gasteiger partial charge in [-0.2, -0.15) is 0 Å². The van der Waals surface area contributed by atoms with Gasteiger partial charge in [0.05, 0.1) is 0 Å². The van der Waals surface area contributed by atoms with Crippen LogP contribution in [0.1, 0.15) is 76.8 Å². The molecule has 2 aliphatic rings. The van der Waals surface area contributed by atoms with Crippen molar-refractivity contribution in [1.29, 1.82) is 0 Å². The number of phenolic OH excluding ortho intramolecular Hbond substituents is 1. The highest BCUT2D eigenvalue weighted by molar-refractivity contribution is 5.59. The molecule has 3 atom stereocenters. The maximum Gasteiger partial charge on any atom is 0.119 e. The summed E-state index contributed by atoms with van der Waals surface area (Å²) < 4.78 is 6.09. The minimum atomic E-state index is 0.335. The zero-order valence-corrected chi connectivity index (χ0v) is 26.0. The van der Waals surface area contributed by atoms with Gasteiger partial charge in [-0.3, -0.25) is 4.90 Å². The van der Waals surface area contributed by atoms with E-state index < -0.39 is 0 Å². The SMILES string of the molecule is CCCCCN(CC)CCOc1ccc(CN(CC)c2cc(O)ccc2C2CCN(C3C=CCC=CC3C)C2)cc1. The van der Waals surface area contributed by atoms with Crippen molar-refractivity contribution in [3.05, 3.63) is 77.9 Å². The van der Waals surface area contributed by atoms with E-state index in [1.807, 2.05) is 12.1 Å². The van der Waals surface area contributed by atoms with Gasteiger partial charge in [0.15, 0.2) is 0 Å². The quantitative estimate of drug-likeness (QED) is 0.180. The number of hydrogen-bond acceptors (Lipinski definition) is 5. The Labute approximate surface area is 249 Å². The topological polar surface area (TPSA) is 39.2 Å². The van der Waals surface area contributed by atoms with Crippen LogP contribution in [-0.2, 0) is 6.54 Å². The monoisotopic (exact) mass is 559 g/mol. The number of allylic oxidation sites excluding steroid dienone is 2. The van der Waals surface area contributed by atoms with Gasteiger partial charge in [0.2, 0.25) is 0 Å². The van der Waals surface area contributed by atoms with E-state index in [0.29, 0.717) is 23.6 Å². The molecule has 41 heavy (non-hydrogen) atoms. The van der Waals surface area contributed by atoms with E-state index in [2.05, 4.69) is 97.0 Å². The molecular weight excluding hydrogens is 506 g/mol. The molecule has 1 aliphatic carbocycles. The molecule has 0 aromatic heterocycles. The first-order valence-electron chi connectivity index (χ1n) is 16.1. The normalized spacial score (nSPS) is 21.0. The van der Waals surface area contributed by atoms with Crippen molar-refractivity contribution in [2.75, 3.05) is 50.8 Å². The van der Waals surface area contributed by atoms with Gasteiger partial charge >= 0.3 is 0 Å². The number of likely N-dealkylation sites (N-methyl/N-ethyl adjacent to an activating group) is 1. The second kappa shape index (κ2) is 16.0. The van der Waals surface area contributed by atoms with Crippen LogP contribution in [0.2, 0.25) is 0 Å².